The standard InChI is InChI=1S/C9H5ClN2O2S2/c10-7-3-5(1-2-6(7)8(13)14)15-9-11-4-12-16-9/h1-4H,(H,13,14). The largest absolute Gasteiger partial charge is 0.478 e. The Morgan fingerprint density at radius 3 is 2.88 bits per heavy atom. The van der Waals surface area contributed by atoms with Crippen LogP contribution in [-0.4, -0.2) is 20.4 Å². The molecular formula is C9H5ClN2O2S2. The highest BCUT2D eigenvalue weighted by Gasteiger charge is 2.10. The number of rotatable bonds is 3. The van der Waals surface area contributed by atoms with Crippen LogP contribution in [0.25, 0.3) is 0 Å². The zero-order chi connectivity index (χ0) is 11.5. The van der Waals surface area contributed by atoms with E-state index >= 15 is 0 Å². The second kappa shape index (κ2) is 4.82. The monoisotopic (exact) mass is 272 g/mol. The minimum absolute atomic E-state index is 0.100. The predicted molar refractivity (Wildman–Crippen MR) is 62.4 cm³/mol. The summed E-state index contributed by atoms with van der Waals surface area (Å²) in [5.74, 6) is -1.03. The molecule has 82 valence electrons. The summed E-state index contributed by atoms with van der Waals surface area (Å²) in [7, 11) is 0. The van der Waals surface area contributed by atoms with E-state index in [4.69, 9.17) is 16.7 Å². The molecule has 1 N–H and O–H groups in total. The Morgan fingerprint density at radius 1 is 1.50 bits per heavy atom. The number of nitrogens with zero attached hydrogens (tertiary/aromatic N) is 2. The first-order valence-corrected chi connectivity index (χ1v) is 6.11. The molecule has 0 radical (unpaired) electrons. The van der Waals surface area contributed by atoms with E-state index in [9.17, 15) is 4.79 Å². The first kappa shape index (κ1) is 11.4. The molecule has 0 aliphatic carbocycles. The topological polar surface area (TPSA) is 63.1 Å². The maximum atomic E-state index is 10.7. The molecule has 0 fully saturated rings. The van der Waals surface area contributed by atoms with Crippen LogP contribution >= 0.6 is 34.9 Å². The van der Waals surface area contributed by atoms with Crippen LogP contribution in [0.4, 0.5) is 0 Å². The maximum absolute atomic E-state index is 10.7. The first-order chi connectivity index (χ1) is 7.66. The Kier molecular flexibility index (Phi) is 3.42. The third-order valence-electron chi connectivity index (χ3n) is 1.72. The lowest BCUT2D eigenvalue weighted by Gasteiger charge is -2.01. The van der Waals surface area contributed by atoms with Gasteiger partial charge in [-0.25, -0.2) is 9.78 Å². The lowest BCUT2D eigenvalue weighted by Crippen LogP contribution is -1.96. The Balaban J connectivity index is 2.24. The van der Waals surface area contributed by atoms with Crippen LogP contribution in [0.2, 0.25) is 5.02 Å². The van der Waals surface area contributed by atoms with E-state index in [1.165, 1.54) is 35.7 Å². The van der Waals surface area contributed by atoms with E-state index in [2.05, 4.69) is 9.36 Å². The van der Waals surface area contributed by atoms with Gasteiger partial charge in [0.2, 0.25) is 0 Å². The predicted octanol–water partition coefficient (Wildman–Crippen LogP) is 3.04. The molecule has 0 bridgehead atoms. The van der Waals surface area contributed by atoms with Crippen LogP contribution in [-0.2, 0) is 0 Å². The maximum Gasteiger partial charge on any atom is 0.337 e. The van der Waals surface area contributed by atoms with Crippen LogP contribution < -0.4 is 0 Å². The van der Waals surface area contributed by atoms with E-state index in [-0.39, 0.29) is 10.6 Å². The molecule has 0 aliphatic heterocycles. The number of hydrogen-bond donors (Lipinski definition) is 1. The van der Waals surface area contributed by atoms with Gasteiger partial charge in [0, 0.05) is 4.90 Å². The summed E-state index contributed by atoms with van der Waals surface area (Å²) in [5.41, 5.74) is 0.100. The molecule has 0 amide bonds. The molecule has 0 spiro atoms. The fourth-order valence-corrected chi connectivity index (χ4v) is 2.83. The van der Waals surface area contributed by atoms with Gasteiger partial charge in [-0.05, 0) is 29.7 Å². The van der Waals surface area contributed by atoms with Gasteiger partial charge in [0.05, 0.1) is 10.6 Å². The number of carboxylic acid groups (broad SMARTS) is 1. The molecule has 0 saturated carbocycles. The molecule has 0 atom stereocenters. The van der Waals surface area contributed by atoms with Crippen LogP contribution in [0.3, 0.4) is 0 Å². The van der Waals surface area contributed by atoms with Crippen molar-refractivity contribution in [3.05, 3.63) is 35.1 Å². The molecule has 1 aromatic heterocycles. The summed E-state index contributed by atoms with van der Waals surface area (Å²) in [6.45, 7) is 0. The van der Waals surface area contributed by atoms with Gasteiger partial charge in [-0.2, -0.15) is 4.37 Å². The third-order valence-corrected chi connectivity index (χ3v) is 3.73. The average molecular weight is 273 g/mol. The molecule has 0 saturated heterocycles. The van der Waals surface area contributed by atoms with E-state index in [1.54, 1.807) is 12.1 Å². The zero-order valence-corrected chi connectivity index (χ0v) is 10.1. The van der Waals surface area contributed by atoms with E-state index in [1.807, 2.05) is 0 Å². The molecule has 16 heavy (non-hydrogen) atoms. The van der Waals surface area contributed by atoms with Crippen LogP contribution in [0.5, 0.6) is 0 Å². The Hall–Kier alpha value is -1.11. The number of benzene rings is 1. The molecule has 1 heterocycles. The number of hydrogen-bond acceptors (Lipinski definition) is 5. The summed E-state index contributed by atoms with van der Waals surface area (Å²) in [5, 5.41) is 9.03. The molecule has 1 aromatic carbocycles. The molecule has 2 aromatic rings. The SMILES string of the molecule is O=C(O)c1ccc(Sc2ncns2)cc1Cl. The minimum atomic E-state index is -1.03. The summed E-state index contributed by atoms with van der Waals surface area (Å²) in [6.07, 6.45) is 1.47. The highest BCUT2D eigenvalue weighted by Crippen LogP contribution is 2.31. The molecular weight excluding hydrogens is 268 g/mol. The molecule has 7 heteroatoms. The van der Waals surface area contributed by atoms with Gasteiger partial charge in [-0.1, -0.05) is 23.4 Å². The Labute approximate surface area is 104 Å². The third kappa shape index (κ3) is 2.52. The van der Waals surface area contributed by atoms with E-state index < -0.39 is 5.97 Å². The highest BCUT2D eigenvalue weighted by molar-refractivity contribution is 8.01. The van der Waals surface area contributed by atoms with Crippen molar-refractivity contribution in [3.8, 4) is 0 Å². The number of halogens is 1. The number of aromatic nitrogens is 2. The average Bonchev–Trinajstić information content (AvgIpc) is 2.70. The number of carboxylic acids is 1. The summed E-state index contributed by atoms with van der Waals surface area (Å²) in [4.78, 5) is 15.6. The highest BCUT2D eigenvalue weighted by atomic mass is 35.5. The molecule has 4 nitrogen and oxygen atoms in total. The van der Waals surface area contributed by atoms with Crippen molar-refractivity contribution in [3.63, 3.8) is 0 Å². The number of aromatic carboxylic acids is 1. The fraction of sp³-hybridized carbons (Fsp3) is 0. The smallest absolute Gasteiger partial charge is 0.337 e. The van der Waals surface area contributed by atoms with Crippen molar-refractivity contribution in [1.29, 1.82) is 0 Å². The van der Waals surface area contributed by atoms with Crippen LogP contribution in [0.15, 0.2) is 33.8 Å². The molecule has 0 aliphatic rings. The van der Waals surface area contributed by atoms with Crippen LogP contribution in [0.1, 0.15) is 10.4 Å². The fourth-order valence-electron chi connectivity index (χ4n) is 1.04. The summed E-state index contributed by atoms with van der Waals surface area (Å²) in [6, 6.07) is 4.78. The van der Waals surface area contributed by atoms with Gasteiger partial charge in [0.15, 0.2) is 4.34 Å². The normalized spacial score (nSPS) is 10.3. The van der Waals surface area contributed by atoms with Gasteiger partial charge in [0.1, 0.15) is 6.33 Å². The van der Waals surface area contributed by atoms with Crippen molar-refractivity contribution in [2.75, 3.05) is 0 Å². The quantitative estimate of drug-likeness (QED) is 0.930. The van der Waals surface area contributed by atoms with Crippen molar-refractivity contribution >= 4 is 40.9 Å². The van der Waals surface area contributed by atoms with Gasteiger partial charge >= 0.3 is 5.97 Å². The van der Waals surface area contributed by atoms with Gasteiger partial charge in [-0.3, -0.25) is 0 Å². The van der Waals surface area contributed by atoms with E-state index in [0.29, 0.717) is 0 Å². The first-order valence-electron chi connectivity index (χ1n) is 4.14. The van der Waals surface area contributed by atoms with Gasteiger partial charge in [0.25, 0.3) is 0 Å². The van der Waals surface area contributed by atoms with Crippen molar-refractivity contribution in [2.24, 2.45) is 0 Å². The summed E-state index contributed by atoms with van der Waals surface area (Å²) >= 11 is 8.51. The van der Waals surface area contributed by atoms with Crippen LogP contribution in [0, 0.1) is 0 Å². The minimum Gasteiger partial charge on any atom is -0.478 e. The molecule has 0 unspecified atom stereocenters. The Bertz CT molecular complexity index is 516. The van der Waals surface area contributed by atoms with Crippen molar-refractivity contribution in [1.82, 2.24) is 9.36 Å². The second-order valence-electron chi connectivity index (χ2n) is 2.76. The van der Waals surface area contributed by atoms with Gasteiger partial charge < -0.3 is 5.11 Å². The lowest BCUT2D eigenvalue weighted by molar-refractivity contribution is 0.0697. The van der Waals surface area contributed by atoms with E-state index in [0.717, 1.165) is 9.24 Å². The van der Waals surface area contributed by atoms with Crippen molar-refractivity contribution in [2.45, 2.75) is 9.24 Å². The number of carbonyl (C=O) groups is 1. The lowest BCUT2D eigenvalue weighted by atomic mass is 10.2. The van der Waals surface area contributed by atoms with Gasteiger partial charge in [-0.15, -0.1) is 0 Å². The zero-order valence-electron chi connectivity index (χ0n) is 7.75. The molecule has 2 rings (SSSR count). The summed E-state index contributed by atoms with van der Waals surface area (Å²) < 4.78 is 4.66. The Morgan fingerprint density at radius 2 is 2.31 bits per heavy atom. The second-order valence-corrected chi connectivity index (χ2v) is 5.26. The van der Waals surface area contributed by atoms with Crippen molar-refractivity contribution < 1.29 is 9.90 Å².